The highest BCUT2D eigenvalue weighted by molar-refractivity contribution is 5.77. The summed E-state index contributed by atoms with van der Waals surface area (Å²) in [7, 11) is 0. The number of hydrogen-bond acceptors (Lipinski definition) is 3. The van der Waals surface area contributed by atoms with E-state index in [4.69, 9.17) is 4.42 Å². The molecule has 0 saturated carbocycles. The lowest BCUT2D eigenvalue weighted by molar-refractivity contribution is 0.559. The second-order valence-electron chi connectivity index (χ2n) is 5.12. The third kappa shape index (κ3) is 2.70. The van der Waals surface area contributed by atoms with Crippen LogP contribution in [0.2, 0.25) is 0 Å². The average molecular weight is 282 g/mol. The molecule has 0 saturated heterocycles. The smallest absolute Gasteiger partial charge is 0.271 e. The van der Waals surface area contributed by atoms with Gasteiger partial charge in [-0.15, -0.1) is 0 Å². The lowest BCUT2D eigenvalue weighted by atomic mass is 10.1. The molecule has 4 nitrogen and oxygen atoms in total. The van der Waals surface area contributed by atoms with E-state index in [0.717, 1.165) is 34.4 Å². The largest absolute Gasteiger partial charge is 0.459 e. The number of fused-ring (bicyclic) bond motifs is 1. The van der Waals surface area contributed by atoms with Crippen LogP contribution >= 0.6 is 0 Å². The van der Waals surface area contributed by atoms with Gasteiger partial charge in [0.15, 0.2) is 0 Å². The van der Waals surface area contributed by atoms with Crippen LogP contribution in [-0.2, 0) is 13.0 Å². The van der Waals surface area contributed by atoms with Crippen molar-refractivity contribution >= 4 is 16.7 Å². The van der Waals surface area contributed by atoms with Crippen molar-refractivity contribution in [2.45, 2.75) is 26.8 Å². The summed E-state index contributed by atoms with van der Waals surface area (Å²) >= 11 is 0. The second-order valence-corrected chi connectivity index (χ2v) is 5.12. The van der Waals surface area contributed by atoms with E-state index >= 15 is 0 Å². The van der Waals surface area contributed by atoms with Gasteiger partial charge in [-0.2, -0.15) is 0 Å². The monoisotopic (exact) mass is 282 g/mol. The Hall–Kier alpha value is -2.49. The molecule has 0 spiro atoms. The average Bonchev–Trinajstić information content (AvgIpc) is 2.89. The number of nitrogens with one attached hydrogen (secondary N) is 2. The molecular formula is C17H18N2O2. The van der Waals surface area contributed by atoms with E-state index in [1.807, 2.05) is 43.3 Å². The molecule has 3 aromatic rings. The quantitative estimate of drug-likeness (QED) is 0.768. The first-order valence-electron chi connectivity index (χ1n) is 7.11. The molecule has 0 aliphatic carbocycles. The first-order chi connectivity index (χ1) is 10.2. The maximum absolute atomic E-state index is 12.0. The van der Waals surface area contributed by atoms with Gasteiger partial charge in [-0.05, 0) is 37.1 Å². The standard InChI is InChI=1S/C17H18N2O2/c1-3-12-9-15(17(20)19-11(12)2)18-10-14-8-13-6-4-5-7-16(13)21-14/h4-9,18H,3,10H2,1-2H3,(H,19,20). The molecule has 1 aromatic carbocycles. The number of anilines is 1. The van der Waals surface area contributed by atoms with Crippen LogP contribution < -0.4 is 10.9 Å². The Kier molecular flexibility index (Phi) is 3.52. The summed E-state index contributed by atoms with van der Waals surface area (Å²) in [6, 6.07) is 11.8. The van der Waals surface area contributed by atoms with E-state index in [1.165, 1.54) is 0 Å². The van der Waals surface area contributed by atoms with Gasteiger partial charge in [-0.1, -0.05) is 25.1 Å². The topological polar surface area (TPSA) is 58.0 Å². The SMILES string of the molecule is CCc1cc(NCc2cc3ccccc3o2)c(=O)[nH]c1C. The van der Waals surface area contributed by atoms with Crippen LogP contribution in [-0.4, -0.2) is 4.98 Å². The molecule has 0 fully saturated rings. The number of para-hydroxylation sites is 1. The minimum Gasteiger partial charge on any atom is -0.459 e. The number of rotatable bonds is 4. The highest BCUT2D eigenvalue weighted by Gasteiger charge is 2.07. The molecule has 0 amide bonds. The van der Waals surface area contributed by atoms with Crippen LogP contribution in [0.5, 0.6) is 0 Å². The predicted octanol–water partition coefficient (Wildman–Crippen LogP) is 3.60. The normalized spacial score (nSPS) is 11.0. The lowest BCUT2D eigenvalue weighted by Crippen LogP contribution is -2.16. The third-order valence-corrected chi connectivity index (χ3v) is 3.66. The summed E-state index contributed by atoms with van der Waals surface area (Å²) in [5, 5.41) is 4.23. The molecule has 0 bridgehead atoms. The number of benzene rings is 1. The van der Waals surface area contributed by atoms with E-state index < -0.39 is 0 Å². The Labute approximate surface area is 122 Å². The number of aromatic amines is 1. The highest BCUT2D eigenvalue weighted by atomic mass is 16.3. The maximum atomic E-state index is 12.0. The van der Waals surface area contributed by atoms with Crippen LogP contribution in [0.25, 0.3) is 11.0 Å². The molecule has 2 heterocycles. The molecule has 0 unspecified atom stereocenters. The van der Waals surface area contributed by atoms with Gasteiger partial charge in [0.25, 0.3) is 5.56 Å². The number of aryl methyl sites for hydroxylation is 2. The highest BCUT2D eigenvalue weighted by Crippen LogP contribution is 2.19. The molecule has 3 rings (SSSR count). The number of hydrogen-bond donors (Lipinski definition) is 2. The number of pyridine rings is 1. The summed E-state index contributed by atoms with van der Waals surface area (Å²) in [5.74, 6) is 0.814. The van der Waals surface area contributed by atoms with Crippen molar-refractivity contribution in [1.29, 1.82) is 0 Å². The summed E-state index contributed by atoms with van der Waals surface area (Å²) in [5.41, 5.74) is 3.42. The van der Waals surface area contributed by atoms with Gasteiger partial charge in [0.05, 0.1) is 6.54 Å². The Morgan fingerprint density at radius 2 is 2.05 bits per heavy atom. The van der Waals surface area contributed by atoms with E-state index in [2.05, 4.69) is 17.2 Å². The molecule has 4 heteroatoms. The van der Waals surface area contributed by atoms with Crippen LogP contribution in [0.4, 0.5) is 5.69 Å². The van der Waals surface area contributed by atoms with Gasteiger partial charge in [-0.25, -0.2) is 0 Å². The van der Waals surface area contributed by atoms with E-state index in [0.29, 0.717) is 12.2 Å². The van der Waals surface area contributed by atoms with Crippen molar-refractivity contribution in [3.63, 3.8) is 0 Å². The predicted molar refractivity (Wildman–Crippen MR) is 84.7 cm³/mol. The minimum absolute atomic E-state index is 0.0965. The van der Waals surface area contributed by atoms with Crippen LogP contribution in [0, 0.1) is 6.92 Å². The van der Waals surface area contributed by atoms with Crippen molar-refractivity contribution < 1.29 is 4.42 Å². The molecule has 2 N–H and O–H groups in total. The zero-order valence-electron chi connectivity index (χ0n) is 12.2. The van der Waals surface area contributed by atoms with Crippen molar-refractivity contribution in [2.24, 2.45) is 0 Å². The Morgan fingerprint density at radius 1 is 1.24 bits per heavy atom. The first-order valence-corrected chi connectivity index (χ1v) is 7.11. The summed E-state index contributed by atoms with van der Waals surface area (Å²) in [4.78, 5) is 14.8. The van der Waals surface area contributed by atoms with Crippen molar-refractivity contribution in [1.82, 2.24) is 4.98 Å². The molecule has 2 aromatic heterocycles. The van der Waals surface area contributed by atoms with Crippen molar-refractivity contribution in [3.05, 3.63) is 63.8 Å². The van der Waals surface area contributed by atoms with Gasteiger partial charge in [0.1, 0.15) is 17.0 Å². The third-order valence-electron chi connectivity index (χ3n) is 3.66. The Morgan fingerprint density at radius 3 is 2.81 bits per heavy atom. The molecule has 0 aliphatic heterocycles. The van der Waals surface area contributed by atoms with Crippen LogP contribution in [0.1, 0.15) is 23.9 Å². The van der Waals surface area contributed by atoms with Crippen LogP contribution in [0.15, 0.2) is 45.6 Å². The minimum atomic E-state index is -0.0965. The molecule has 21 heavy (non-hydrogen) atoms. The fraction of sp³-hybridized carbons (Fsp3) is 0.235. The first kappa shape index (κ1) is 13.5. The van der Waals surface area contributed by atoms with Gasteiger partial charge < -0.3 is 14.7 Å². The second kappa shape index (κ2) is 5.48. The van der Waals surface area contributed by atoms with Crippen molar-refractivity contribution in [3.8, 4) is 0 Å². The molecule has 0 atom stereocenters. The molecule has 0 aliphatic rings. The zero-order valence-corrected chi connectivity index (χ0v) is 12.2. The lowest BCUT2D eigenvalue weighted by Gasteiger charge is -2.08. The summed E-state index contributed by atoms with van der Waals surface area (Å²) in [6.45, 7) is 4.48. The van der Waals surface area contributed by atoms with Crippen molar-refractivity contribution in [2.75, 3.05) is 5.32 Å². The zero-order chi connectivity index (χ0) is 14.8. The molecule has 0 radical (unpaired) electrons. The van der Waals surface area contributed by atoms with E-state index in [9.17, 15) is 4.79 Å². The Bertz CT molecular complexity index is 797. The van der Waals surface area contributed by atoms with Gasteiger partial charge in [0, 0.05) is 11.1 Å². The van der Waals surface area contributed by atoms with Crippen LogP contribution in [0.3, 0.4) is 0 Å². The Balaban J connectivity index is 1.82. The number of aromatic nitrogens is 1. The number of H-pyrrole nitrogens is 1. The maximum Gasteiger partial charge on any atom is 0.271 e. The molecular weight excluding hydrogens is 264 g/mol. The fourth-order valence-electron chi connectivity index (χ4n) is 2.47. The van der Waals surface area contributed by atoms with Gasteiger partial charge >= 0.3 is 0 Å². The summed E-state index contributed by atoms with van der Waals surface area (Å²) < 4.78 is 5.74. The summed E-state index contributed by atoms with van der Waals surface area (Å²) in [6.07, 6.45) is 0.891. The number of furan rings is 1. The fourth-order valence-corrected chi connectivity index (χ4v) is 2.47. The van der Waals surface area contributed by atoms with E-state index in [-0.39, 0.29) is 5.56 Å². The van der Waals surface area contributed by atoms with E-state index in [1.54, 1.807) is 0 Å². The van der Waals surface area contributed by atoms with Gasteiger partial charge in [0.2, 0.25) is 0 Å². The molecule has 108 valence electrons. The van der Waals surface area contributed by atoms with Gasteiger partial charge in [-0.3, -0.25) is 4.79 Å².